The number of carbonyl (C=O) groups excluding carboxylic acids is 1. The van der Waals surface area contributed by atoms with Crippen molar-refractivity contribution in [2.75, 3.05) is 36.4 Å². The lowest BCUT2D eigenvalue weighted by Gasteiger charge is -2.37. The van der Waals surface area contributed by atoms with Gasteiger partial charge in [0.15, 0.2) is 0 Å². The lowest BCUT2D eigenvalue weighted by molar-refractivity contribution is 0.208. The van der Waals surface area contributed by atoms with Crippen molar-refractivity contribution in [1.29, 1.82) is 0 Å². The second-order valence-electron chi connectivity index (χ2n) is 7.15. The van der Waals surface area contributed by atoms with Gasteiger partial charge >= 0.3 is 6.03 Å². The number of piperazine rings is 1. The van der Waals surface area contributed by atoms with Gasteiger partial charge in [-0.25, -0.2) is 4.79 Å². The molecular weight excluding hydrogens is 334 g/mol. The first-order chi connectivity index (χ1) is 13.1. The maximum Gasteiger partial charge on any atom is 0.321 e. The van der Waals surface area contributed by atoms with E-state index < -0.39 is 0 Å². The van der Waals surface area contributed by atoms with Crippen LogP contribution >= 0.6 is 0 Å². The zero-order valence-electron chi connectivity index (χ0n) is 15.9. The van der Waals surface area contributed by atoms with Crippen LogP contribution in [0.4, 0.5) is 16.2 Å². The highest BCUT2D eigenvalue weighted by Crippen LogP contribution is 2.25. The molecule has 0 bridgehead atoms. The first-order valence-corrected chi connectivity index (χ1v) is 9.48. The molecule has 0 spiro atoms. The van der Waals surface area contributed by atoms with E-state index in [1.54, 1.807) is 0 Å². The Morgan fingerprint density at radius 3 is 2.37 bits per heavy atom. The monoisotopic (exact) mass is 359 g/mol. The van der Waals surface area contributed by atoms with Gasteiger partial charge in [-0.15, -0.1) is 0 Å². The average Bonchev–Trinajstić information content (AvgIpc) is 2.70. The van der Waals surface area contributed by atoms with E-state index in [-0.39, 0.29) is 6.03 Å². The number of amides is 2. The van der Waals surface area contributed by atoms with Crippen LogP contribution < -0.4 is 10.2 Å². The van der Waals surface area contributed by atoms with Crippen molar-refractivity contribution in [3.63, 3.8) is 0 Å². The fourth-order valence-electron chi connectivity index (χ4n) is 3.76. The molecule has 27 heavy (non-hydrogen) atoms. The fraction of sp³-hybridized carbons (Fsp3) is 0.261. The zero-order chi connectivity index (χ0) is 18.8. The van der Waals surface area contributed by atoms with Crippen molar-refractivity contribution in [3.05, 3.63) is 71.8 Å². The first kappa shape index (κ1) is 17.4. The van der Waals surface area contributed by atoms with E-state index in [1.807, 2.05) is 35.2 Å². The fourth-order valence-corrected chi connectivity index (χ4v) is 3.76. The van der Waals surface area contributed by atoms with E-state index >= 15 is 0 Å². The predicted molar refractivity (Wildman–Crippen MR) is 113 cm³/mol. The number of nitrogens with one attached hydrogen (secondary N) is 1. The Balaban J connectivity index is 1.43. The quantitative estimate of drug-likeness (QED) is 0.713. The molecule has 1 N–H and O–H groups in total. The summed E-state index contributed by atoms with van der Waals surface area (Å²) in [6.07, 6.45) is 0. The number of rotatable bonds is 2. The van der Waals surface area contributed by atoms with Crippen LogP contribution in [0.15, 0.2) is 60.7 Å². The Morgan fingerprint density at radius 2 is 1.56 bits per heavy atom. The van der Waals surface area contributed by atoms with Gasteiger partial charge in [-0.2, -0.15) is 0 Å². The van der Waals surface area contributed by atoms with Gasteiger partial charge < -0.3 is 15.1 Å². The van der Waals surface area contributed by atoms with Gasteiger partial charge in [0.2, 0.25) is 0 Å². The summed E-state index contributed by atoms with van der Waals surface area (Å²) >= 11 is 0. The summed E-state index contributed by atoms with van der Waals surface area (Å²) < 4.78 is 0. The summed E-state index contributed by atoms with van der Waals surface area (Å²) in [5.74, 6) is 0. The number of urea groups is 1. The number of anilines is 2. The van der Waals surface area contributed by atoms with E-state index in [4.69, 9.17) is 0 Å². The summed E-state index contributed by atoms with van der Waals surface area (Å²) in [5, 5.41) is 5.30. The van der Waals surface area contributed by atoms with Crippen molar-refractivity contribution in [3.8, 4) is 0 Å². The smallest absolute Gasteiger partial charge is 0.321 e. The number of carbonyl (C=O) groups is 1. The van der Waals surface area contributed by atoms with Crippen LogP contribution in [-0.4, -0.2) is 37.1 Å². The Hall–Kier alpha value is -3.01. The van der Waals surface area contributed by atoms with Crippen molar-refractivity contribution in [2.45, 2.75) is 13.8 Å². The third-order valence-corrected chi connectivity index (χ3v) is 5.51. The normalized spacial score (nSPS) is 14.4. The van der Waals surface area contributed by atoms with Gasteiger partial charge in [-0.05, 0) is 42.5 Å². The molecule has 0 radical (unpaired) electrons. The Labute approximate surface area is 160 Å². The molecular formula is C23H25N3O. The highest BCUT2D eigenvalue weighted by Gasteiger charge is 2.22. The van der Waals surface area contributed by atoms with Crippen molar-refractivity contribution < 1.29 is 4.79 Å². The van der Waals surface area contributed by atoms with Crippen molar-refractivity contribution >= 4 is 28.2 Å². The minimum absolute atomic E-state index is 0.0213. The van der Waals surface area contributed by atoms with E-state index in [9.17, 15) is 4.79 Å². The number of nitrogens with zero attached hydrogens (tertiary/aromatic N) is 2. The summed E-state index contributed by atoms with van der Waals surface area (Å²) in [6, 6.07) is 20.5. The van der Waals surface area contributed by atoms with Crippen LogP contribution in [0.3, 0.4) is 0 Å². The highest BCUT2D eigenvalue weighted by atomic mass is 16.2. The predicted octanol–water partition coefficient (Wildman–Crippen LogP) is 4.81. The molecule has 2 amide bonds. The summed E-state index contributed by atoms with van der Waals surface area (Å²) in [5.41, 5.74) is 4.79. The minimum atomic E-state index is -0.0213. The van der Waals surface area contributed by atoms with Gasteiger partial charge in [0, 0.05) is 37.3 Å². The Kier molecular flexibility index (Phi) is 4.71. The largest absolute Gasteiger partial charge is 0.368 e. The minimum Gasteiger partial charge on any atom is -0.368 e. The molecule has 4 nitrogen and oxygen atoms in total. The van der Waals surface area contributed by atoms with Gasteiger partial charge in [-0.1, -0.05) is 48.5 Å². The number of hydrogen-bond acceptors (Lipinski definition) is 2. The summed E-state index contributed by atoms with van der Waals surface area (Å²) in [7, 11) is 0. The molecule has 0 unspecified atom stereocenters. The molecule has 4 heteroatoms. The third-order valence-electron chi connectivity index (χ3n) is 5.51. The molecule has 3 aromatic rings. The van der Waals surface area contributed by atoms with Gasteiger partial charge in [0.1, 0.15) is 0 Å². The van der Waals surface area contributed by atoms with Crippen LogP contribution in [0.2, 0.25) is 0 Å². The van der Waals surface area contributed by atoms with E-state index in [0.717, 1.165) is 42.6 Å². The number of benzene rings is 3. The van der Waals surface area contributed by atoms with Crippen molar-refractivity contribution in [1.82, 2.24) is 4.90 Å². The van der Waals surface area contributed by atoms with Crippen molar-refractivity contribution in [2.24, 2.45) is 0 Å². The van der Waals surface area contributed by atoms with Crippen LogP contribution in [0, 0.1) is 13.8 Å². The van der Waals surface area contributed by atoms with Crippen LogP contribution in [0.25, 0.3) is 10.8 Å². The molecule has 1 saturated heterocycles. The molecule has 4 rings (SSSR count). The van der Waals surface area contributed by atoms with Gasteiger partial charge in [0.25, 0.3) is 0 Å². The number of hydrogen-bond donors (Lipinski definition) is 1. The number of fused-ring (bicyclic) bond motifs is 1. The van der Waals surface area contributed by atoms with Crippen LogP contribution in [0.5, 0.6) is 0 Å². The molecule has 3 aromatic carbocycles. The molecule has 0 aliphatic carbocycles. The van der Waals surface area contributed by atoms with Crippen LogP contribution in [0.1, 0.15) is 11.1 Å². The maximum absolute atomic E-state index is 12.8. The van der Waals surface area contributed by atoms with Gasteiger partial charge in [-0.3, -0.25) is 0 Å². The average molecular weight is 359 g/mol. The zero-order valence-corrected chi connectivity index (χ0v) is 15.9. The molecule has 1 aliphatic heterocycles. The summed E-state index contributed by atoms with van der Waals surface area (Å²) in [4.78, 5) is 17.1. The highest BCUT2D eigenvalue weighted by molar-refractivity contribution is 6.01. The second-order valence-corrected chi connectivity index (χ2v) is 7.15. The van der Waals surface area contributed by atoms with Crippen LogP contribution in [-0.2, 0) is 0 Å². The lowest BCUT2D eigenvalue weighted by atomic mass is 10.1. The van der Waals surface area contributed by atoms with E-state index in [0.29, 0.717) is 0 Å². The topological polar surface area (TPSA) is 35.6 Å². The number of aryl methyl sites for hydroxylation is 1. The SMILES string of the molecule is Cc1cccc(N2CCN(C(=O)Nc3cccc4ccccc34)CC2)c1C. The first-order valence-electron chi connectivity index (χ1n) is 9.48. The molecule has 0 atom stereocenters. The van der Waals surface area contributed by atoms with E-state index in [1.165, 1.54) is 16.8 Å². The Morgan fingerprint density at radius 1 is 0.852 bits per heavy atom. The maximum atomic E-state index is 12.8. The molecule has 1 heterocycles. The van der Waals surface area contributed by atoms with E-state index in [2.05, 4.69) is 54.4 Å². The molecule has 1 aliphatic rings. The third kappa shape index (κ3) is 3.47. The summed E-state index contributed by atoms with van der Waals surface area (Å²) in [6.45, 7) is 7.48. The van der Waals surface area contributed by atoms with Gasteiger partial charge in [0.05, 0.1) is 5.69 Å². The molecule has 0 saturated carbocycles. The standard InChI is InChI=1S/C23H25N3O/c1-17-7-5-12-22(18(17)2)25-13-15-26(16-14-25)23(27)24-21-11-6-9-19-8-3-4-10-20(19)21/h3-12H,13-16H2,1-2H3,(H,24,27). The molecule has 1 fully saturated rings. The molecule has 138 valence electrons. The second kappa shape index (κ2) is 7.31. The molecule has 0 aromatic heterocycles. The Bertz CT molecular complexity index is 969. The lowest BCUT2D eigenvalue weighted by Crippen LogP contribution is -2.50.